The molecule has 182 valence electrons. The second kappa shape index (κ2) is 10.2. The molecule has 1 aliphatic heterocycles. The highest BCUT2D eigenvalue weighted by Gasteiger charge is 2.49. The Kier molecular flexibility index (Phi) is 7.49. The molecule has 2 atom stereocenters. The van der Waals surface area contributed by atoms with Crippen molar-refractivity contribution in [3.05, 3.63) is 53.1 Å². The first-order valence-electron chi connectivity index (χ1n) is 11.4. The van der Waals surface area contributed by atoms with E-state index in [2.05, 4.69) is 5.32 Å². The fourth-order valence-electron chi connectivity index (χ4n) is 3.80. The molecule has 1 heterocycles. The average molecular weight is 469 g/mol. The highest BCUT2D eigenvalue weighted by atomic mass is 16.6. The number of rotatable bonds is 9. The molecule has 2 aromatic rings. The van der Waals surface area contributed by atoms with Gasteiger partial charge in [0, 0.05) is 11.3 Å². The number of methoxy groups -OCH3 is 1. The van der Waals surface area contributed by atoms with Gasteiger partial charge in [-0.05, 0) is 63.4 Å². The Balaban J connectivity index is 1.77. The summed E-state index contributed by atoms with van der Waals surface area (Å²) in [5.74, 6) is 0.452. The molecule has 34 heavy (non-hydrogen) atoms. The maximum atomic E-state index is 13.0. The molecule has 1 saturated heterocycles. The van der Waals surface area contributed by atoms with E-state index in [-0.39, 0.29) is 12.5 Å². The first kappa shape index (κ1) is 25.1. The lowest BCUT2D eigenvalue weighted by molar-refractivity contribution is -0.136. The van der Waals surface area contributed by atoms with Crippen molar-refractivity contribution in [1.29, 1.82) is 0 Å². The van der Waals surface area contributed by atoms with Crippen LogP contribution in [0.4, 0.5) is 10.5 Å². The Morgan fingerprint density at radius 1 is 1.12 bits per heavy atom. The van der Waals surface area contributed by atoms with Gasteiger partial charge >= 0.3 is 6.09 Å². The summed E-state index contributed by atoms with van der Waals surface area (Å²) in [6.07, 6.45) is -0.530. The molecule has 0 spiro atoms. The maximum absolute atomic E-state index is 13.0. The van der Waals surface area contributed by atoms with Crippen LogP contribution in [0, 0.1) is 13.8 Å². The number of nitrogens with one attached hydrogen (secondary N) is 1. The second-order valence-corrected chi connectivity index (χ2v) is 8.64. The minimum Gasteiger partial charge on any atom is -0.496 e. The number of anilines is 1. The van der Waals surface area contributed by atoms with Crippen molar-refractivity contribution in [3.8, 4) is 11.5 Å². The number of hydrogen-bond acceptors (Lipinski definition) is 6. The van der Waals surface area contributed by atoms with Crippen LogP contribution < -0.4 is 14.8 Å². The summed E-state index contributed by atoms with van der Waals surface area (Å²) in [5, 5.41) is 2.87. The molecule has 0 saturated carbocycles. The number of cyclic esters (lactones) is 1. The number of amides is 3. The van der Waals surface area contributed by atoms with Crippen LogP contribution >= 0.6 is 0 Å². The quantitative estimate of drug-likeness (QED) is 0.571. The Morgan fingerprint density at radius 3 is 2.41 bits per heavy atom. The van der Waals surface area contributed by atoms with E-state index in [4.69, 9.17) is 14.2 Å². The Hall–Kier alpha value is -3.55. The normalized spacial score (nSPS) is 18.5. The van der Waals surface area contributed by atoms with E-state index in [0.29, 0.717) is 35.6 Å². The van der Waals surface area contributed by atoms with E-state index in [1.807, 2.05) is 39.0 Å². The van der Waals surface area contributed by atoms with Gasteiger partial charge in [-0.1, -0.05) is 31.5 Å². The highest BCUT2D eigenvalue weighted by Crippen LogP contribution is 2.31. The third kappa shape index (κ3) is 5.16. The molecular weight excluding hydrogens is 436 g/mol. The topological polar surface area (TPSA) is 94.2 Å². The zero-order valence-electron chi connectivity index (χ0n) is 20.6. The predicted octanol–water partition coefficient (Wildman–Crippen LogP) is 4.76. The first-order chi connectivity index (χ1) is 16.1. The minimum absolute atomic E-state index is 0.0313. The van der Waals surface area contributed by atoms with Gasteiger partial charge < -0.3 is 19.5 Å². The SMILES string of the molecule is CCC(Oc1ccc(C)cc1C)C(=O)Nc1ccc(OC)c(CN2C(=O)OC(C)(CC)C2=O)c1. The van der Waals surface area contributed by atoms with Crippen LogP contribution in [0.1, 0.15) is 50.3 Å². The molecule has 0 aliphatic carbocycles. The van der Waals surface area contributed by atoms with Gasteiger partial charge in [-0.3, -0.25) is 9.59 Å². The number of hydrogen-bond donors (Lipinski definition) is 1. The van der Waals surface area contributed by atoms with Crippen molar-refractivity contribution in [3.63, 3.8) is 0 Å². The van der Waals surface area contributed by atoms with Crippen molar-refractivity contribution < 1.29 is 28.6 Å². The van der Waals surface area contributed by atoms with E-state index in [0.717, 1.165) is 16.0 Å². The molecule has 0 radical (unpaired) electrons. The molecule has 1 fully saturated rings. The standard InChI is InChI=1S/C26H32N2O6/c1-7-20(33-21-11-9-16(3)13-17(21)4)23(29)27-19-10-12-22(32-6)18(14-19)15-28-24(30)26(5,8-2)34-25(28)31/h9-14,20H,7-8,15H2,1-6H3,(H,27,29). The lowest BCUT2D eigenvalue weighted by Crippen LogP contribution is -2.37. The van der Waals surface area contributed by atoms with Crippen LogP contribution in [0.5, 0.6) is 11.5 Å². The lowest BCUT2D eigenvalue weighted by Gasteiger charge is -2.20. The molecular formula is C26H32N2O6. The van der Waals surface area contributed by atoms with E-state index in [1.54, 1.807) is 32.0 Å². The van der Waals surface area contributed by atoms with E-state index < -0.39 is 23.7 Å². The predicted molar refractivity (Wildman–Crippen MR) is 128 cm³/mol. The van der Waals surface area contributed by atoms with Crippen molar-refractivity contribution in [1.82, 2.24) is 4.90 Å². The highest BCUT2D eigenvalue weighted by molar-refractivity contribution is 6.02. The third-order valence-electron chi connectivity index (χ3n) is 6.04. The van der Waals surface area contributed by atoms with Gasteiger partial charge in [0.15, 0.2) is 11.7 Å². The Labute approximate surface area is 200 Å². The van der Waals surface area contributed by atoms with Gasteiger partial charge in [-0.25, -0.2) is 9.69 Å². The minimum atomic E-state index is -1.17. The molecule has 8 heteroatoms. The largest absolute Gasteiger partial charge is 0.496 e. The molecule has 3 rings (SSSR count). The maximum Gasteiger partial charge on any atom is 0.418 e. The van der Waals surface area contributed by atoms with Crippen LogP contribution in [0.15, 0.2) is 36.4 Å². The fourth-order valence-corrected chi connectivity index (χ4v) is 3.80. The Bertz CT molecular complexity index is 1100. The number of carbonyl (C=O) groups excluding carboxylic acids is 3. The smallest absolute Gasteiger partial charge is 0.418 e. The molecule has 2 aromatic carbocycles. The van der Waals surface area contributed by atoms with Crippen LogP contribution in [0.3, 0.4) is 0 Å². The molecule has 2 unspecified atom stereocenters. The van der Waals surface area contributed by atoms with Crippen LogP contribution in [0.2, 0.25) is 0 Å². The summed E-state index contributed by atoms with van der Waals surface area (Å²) in [7, 11) is 1.50. The van der Waals surface area contributed by atoms with Crippen LogP contribution in [0.25, 0.3) is 0 Å². The van der Waals surface area contributed by atoms with Gasteiger partial charge in [0.05, 0.1) is 13.7 Å². The molecule has 0 aromatic heterocycles. The average Bonchev–Trinajstić information content (AvgIpc) is 3.02. The molecule has 1 N–H and O–H groups in total. The van der Waals surface area contributed by atoms with E-state index in [9.17, 15) is 14.4 Å². The summed E-state index contributed by atoms with van der Waals surface area (Å²) < 4.78 is 16.7. The zero-order valence-corrected chi connectivity index (χ0v) is 20.6. The van der Waals surface area contributed by atoms with Crippen LogP contribution in [-0.4, -0.2) is 41.6 Å². The monoisotopic (exact) mass is 468 g/mol. The molecule has 0 bridgehead atoms. The van der Waals surface area contributed by atoms with Crippen molar-refractivity contribution in [2.75, 3.05) is 12.4 Å². The van der Waals surface area contributed by atoms with E-state index in [1.165, 1.54) is 7.11 Å². The third-order valence-corrected chi connectivity index (χ3v) is 6.04. The van der Waals surface area contributed by atoms with Gasteiger partial charge in [0.25, 0.3) is 11.8 Å². The van der Waals surface area contributed by atoms with Gasteiger partial charge in [-0.2, -0.15) is 0 Å². The molecule has 3 amide bonds. The lowest BCUT2D eigenvalue weighted by atomic mass is 10.0. The summed E-state index contributed by atoms with van der Waals surface area (Å²) in [6, 6.07) is 10.9. The van der Waals surface area contributed by atoms with E-state index >= 15 is 0 Å². The van der Waals surface area contributed by atoms with Crippen molar-refractivity contribution >= 4 is 23.6 Å². The van der Waals surface area contributed by atoms with Gasteiger partial charge in [-0.15, -0.1) is 0 Å². The summed E-state index contributed by atoms with van der Waals surface area (Å²) in [4.78, 5) is 39.1. The number of ether oxygens (including phenoxy) is 3. The van der Waals surface area contributed by atoms with Gasteiger partial charge in [0.2, 0.25) is 0 Å². The number of nitrogens with zero attached hydrogens (tertiary/aromatic N) is 1. The van der Waals surface area contributed by atoms with Crippen molar-refractivity contribution in [2.24, 2.45) is 0 Å². The zero-order chi connectivity index (χ0) is 25.0. The second-order valence-electron chi connectivity index (χ2n) is 8.64. The molecule has 1 aliphatic rings. The van der Waals surface area contributed by atoms with Crippen molar-refractivity contribution in [2.45, 2.75) is 65.7 Å². The first-order valence-corrected chi connectivity index (χ1v) is 11.4. The summed E-state index contributed by atoms with van der Waals surface area (Å²) >= 11 is 0. The number of benzene rings is 2. The number of aryl methyl sites for hydroxylation is 2. The Morgan fingerprint density at radius 2 is 1.82 bits per heavy atom. The fraction of sp³-hybridized carbons (Fsp3) is 0.423. The summed E-state index contributed by atoms with van der Waals surface area (Å²) in [6.45, 7) is 9.17. The number of carbonyl (C=O) groups is 3. The number of imide groups is 1. The van der Waals surface area contributed by atoms with Gasteiger partial charge in [0.1, 0.15) is 11.5 Å². The summed E-state index contributed by atoms with van der Waals surface area (Å²) in [5.41, 5.74) is 1.97. The van der Waals surface area contributed by atoms with Crippen LogP contribution in [-0.2, 0) is 20.9 Å². The molecule has 8 nitrogen and oxygen atoms in total.